The molecular formula is C18H18N4O3S. The van der Waals surface area contributed by atoms with Gasteiger partial charge in [-0.05, 0) is 43.4 Å². The van der Waals surface area contributed by atoms with E-state index in [-0.39, 0.29) is 12.5 Å². The summed E-state index contributed by atoms with van der Waals surface area (Å²) >= 11 is 1.47. The number of aryl methyl sites for hydroxylation is 1. The van der Waals surface area contributed by atoms with Crippen LogP contribution in [0.3, 0.4) is 0 Å². The Morgan fingerprint density at radius 3 is 2.92 bits per heavy atom. The van der Waals surface area contributed by atoms with E-state index in [4.69, 9.17) is 4.74 Å². The van der Waals surface area contributed by atoms with Crippen LogP contribution in [-0.2, 0) is 28.9 Å². The number of hydrogen-bond donors (Lipinski definition) is 1. The highest BCUT2D eigenvalue weighted by atomic mass is 32.1. The van der Waals surface area contributed by atoms with Crippen molar-refractivity contribution in [3.05, 3.63) is 40.3 Å². The summed E-state index contributed by atoms with van der Waals surface area (Å²) in [7, 11) is 1.36. The second kappa shape index (κ2) is 6.87. The molecule has 0 bridgehead atoms. The molecule has 0 saturated carbocycles. The van der Waals surface area contributed by atoms with E-state index in [1.165, 1.54) is 18.4 Å². The number of aromatic nitrogens is 3. The lowest BCUT2D eigenvalue weighted by atomic mass is 9.95. The van der Waals surface area contributed by atoms with Crippen LogP contribution in [0.15, 0.2) is 24.3 Å². The number of ether oxygens (including phenoxy) is 1. The van der Waals surface area contributed by atoms with Gasteiger partial charge in [-0.3, -0.25) is 4.79 Å². The summed E-state index contributed by atoms with van der Waals surface area (Å²) in [6, 6.07) is 7.47. The summed E-state index contributed by atoms with van der Waals surface area (Å²) in [5, 5.41) is 11.5. The fraction of sp³-hybridized carbons (Fsp3) is 0.333. The van der Waals surface area contributed by atoms with Crippen LogP contribution >= 0.6 is 11.3 Å². The smallest absolute Gasteiger partial charge is 0.341 e. The maximum absolute atomic E-state index is 12.6. The molecule has 0 fully saturated rings. The highest BCUT2D eigenvalue weighted by molar-refractivity contribution is 7.17. The normalized spacial score (nSPS) is 13.4. The van der Waals surface area contributed by atoms with E-state index in [1.807, 2.05) is 24.3 Å². The molecule has 26 heavy (non-hydrogen) atoms. The molecule has 1 N–H and O–H groups in total. The van der Waals surface area contributed by atoms with E-state index in [0.29, 0.717) is 10.6 Å². The van der Waals surface area contributed by atoms with Gasteiger partial charge in [-0.1, -0.05) is 17.3 Å². The van der Waals surface area contributed by atoms with Gasteiger partial charge in [0.2, 0.25) is 5.91 Å². The molecule has 0 unspecified atom stereocenters. The maximum atomic E-state index is 12.6. The molecule has 0 aliphatic heterocycles. The summed E-state index contributed by atoms with van der Waals surface area (Å²) in [5.74, 6) is -0.643. The number of hydrogen-bond acceptors (Lipinski definition) is 6. The summed E-state index contributed by atoms with van der Waals surface area (Å²) in [6.07, 6.45) is 3.94. The molecule has 0 spiro atoms. The SMILES string of the molecule is COC(=O)c1c(NC(=O)Cn2nnc3ccccc32)sc2c1CCCC2. The molecule has 0 saturated heterocycles. The number of anilines is 1. The quantitative estimate of drug-likeness (QED) is 0.714. The summed E-state index contributed by atoms with van der Waals surface area (Å²) < 4.78 is 6.49. The van der Waals surface area contributed by atoms with Gasteiger partial charge in [0.15, 0.2) is 0 Å². The molecule has 4 rings (SSSR count). The van der Waals surface area contributed by atoms with E-state index in [2.05, 4.69) is 15.6 Å². The zero-order valence-electron chi connectivity index (χ0n) is 14.3. The zero-order chi connectivity index (χ0) is 18.1. The van der Waals surface area contributed by atoms with E-state index in [9.17, 15) is 9.59 Å². The van der Waals surface area contributed by atoms with Crippen LogP contribution in [-0.4, -0.2) is 34.0 Å². The van der Waals surface area contributed by atoms with Gasteiger partial charge >= 0.3 is 5.97 Å². The molecule has 3 aromatic rings. The number of benzene rings is 1. The lowest BCUT2D eigenvalue weighted by Crippen LogP contribution is -2.20. The molecular weight excluding hydrogens is 352 g/mol. The molecule has 1 aliphatic rings. The number of nitrogens with one attached hydrogen (secondary N) is 1. The zero-order valence-corrected chi connectivity index (χ0v) is 15.1. The van der Waals surface area contributed by atoms with Crippen molar-refractivity contribution < 1.29 is 14.3 Å². The Morgan fingerprint density at radius 1 is 1.27 bits per heavy atom. The first-order valence-corrected chi connectivity index (χ1v) is 9.30. The van der Waals surface area contributed by atoms with Crippen LogP contribution in [0.5, 0.6) is 0 Å². The predicted octanol–water partition coefficient (Wildman–Crippen LogP) is 2.80. The molecule has 2 heterocycles. The van der Waals surface area contributed by atoms with Crippen molar-refractivity contribution in [2.45, 2.75) is 32.2 Å². The number of rotatable bonds is 4. The first kappa shape index (κ1) is 16.7. The number of fused-ring (bicyclic) bond motifs is 2. The van der Waals surface area contributed by atoms with Crippen molar-refractivity contribution in [2.75, 3.05) is 12.4 Å². The Morgan fingerprint density at radius 2 is 2.08 bits per heavy atom. The highest BCUT2D eigenvalue weighted by Gasteiger charge is 2.27. The molecule has 2 aromatic heterocycles. The Hall–Kier alpha value is -2.74. The number of para-hydroxylation sites is 1. The highest BCUT2D eigenvalue weighted by Crippen LogP contribution is 2.38. The molecule has 134 valence electrons. The van der Waals surface area contributed by atoms with Crippen LogP contribution < -0.4 is 5.32 Å². The number of amides is 1. The second-order valence-electron chi connectivity index (χ2n) is 6.19. The van der Waals surface area contributed by atoms with Crippen LogP contribution in [0.4, 0.5) is 5.00 Å². The molecule has 1 aromatic carbocycles. The minimum atomic E-state index is -0.397. The third-order valence-electron chi connectivity index (χ3n) is 4.53. The van der Waals surface area contributed by atoms with Gasteiger partial charge in [-0.2, -0.15) is 0 Å². The van der Waals surface area contributed by atoms with Crippen LogP contribution in [0.25, 0.3) is 11.0 Å². The minimum Gasteiger partial charge on any atom is -0.465 e. The first-order chi connectivity index (χ1) is 12.7. The lowest BCUT2D eigenvalue weighted by Gasteiger charge is -2.11. The number of esters is 1. The Labute approximate surface area is 154 Å². The third-order valence-corrected chi connectivity index (χ3v) is 5.73. The summed E-state index contributed by atoms with van der Waals surface area (Å²) in [6.45, 7) is 0.0314. The van der Waals surface area contributed by atoms with Crippen molar-refractivity contribution in [2.24, 2.45) is 0 Å². The number of carbonyl (C=O) groups excluding carboxylic acids is 2. The van der Waals surface area contributed by atoms with Gasteiger partial charge < -0.3 is 10.1 Å². The minimum absolute atomic E-state index is 0.0314. The van der Waals surface area contributed by atoms with Crippen molar-refractivity contribution in [1.82, 2.24) is 15.0 Å². The molecule has 7 nitrogen and oxygen atoms in total. The van der Waals surface area contributed by atoms with Gasteiger partial charge in [0.1, 0.15) is 17.1 Å². The number of methoxy groups -OCH3 is 1. The first-order valence-electron chi connectivity index (χ1n) is 8.48. The van der Waals surface area contributed by atoms with Crippen LogP contribution in [0, 0.1) is 0 Å². The van der Waals surface area contributed by atoms with Gasteiger partial charge in [-0.15, -0.1) is 16.4 Å². The Balaban J connectivity index is 1.59. The average molecular weight is 370 g/mol. The number of nitrogens with zero attached hydrogens (tertiary/aromatic N) is 3. The monoisotopic (exact) mass is 370 g/mol. The number of thiophene rings is 1. The average Bonchev–Trinajstić information content (AvgIpc) is 3.22. The summed E-state index contributed by atoms with van der Waals surface area (Å²) in [5.41, 5.74) is 3.06. The fourth-order valence-electron chi connectivity index (χ4n) is 3.31. The van der Waals surface area contributed by atoms with Gasteiger partial charge in [0, 0.05) is 4.88 Å². The van der Waals surface area contributed by atoms with Crippen molar-refractivity contribution in [3.8, 4) is 0 Å². The molecule has 0 atom stereocenters. The molecule has 1 amide bonds. The van der Waals surface area contributed by atoms with Crippen LogP contribution in [0.1, 0.15) is 33.6 Å². The largest absolute Gasteiger partial charge is 0.465 e. The van der Waals surface area contributed by atoms with Crippen LogP contribution in [0.2, 0.25) is 0 Å². The maximum Gasteiger partial charge on any atom is 0.341 e. The van der Waals surface area contributed by atoms with E-state index < -0.39 is 5.97 Å². The number of carbonyl (C=O) groups is 2. The van der Waals surface area contributed by atoms with E-state index >= 15 is 0 Å². The summed E-state index contributed by atoms with van der Waals surface area (Å²) in [4.78, 5) is 26.0. The second-order valence-corrected chi connectivity index (χ2v) is 7.30. The van der Waals surface area contributed by atoms with Crippen molar-refractivity contribution in [1.29, 1.82) is 0 Å². The fourth-order valence-corrected chi connectivity index (χ4v) is 4.60. The van der Waals surface area contributed by atoms with Gasteiger partial charge in [0.25, 0.3) is 0 Å². The van der Waals surface area contributed by atoms with Crippen molar-refractivity contribution in [3.63, 3.8) is 0 Å². The molecule has 8 heteroatoms. The molecule has 0 radical (unpaired) electrons. The Kier molecular flexibility index (Phi) is 4.42. The predicted molar refractivity (Wildman–Crippen MR) is 98.5 cm³/mol. The van der Waals surface area contributed by atoms with Crippen molar-refractivity contribution >= 4 is 39.2 Å². The van der Waals surface area contributed by atoms with E-state index in [1.54, 1.807) is 4.68 Å². The lowest BCUT2D eigenvalue weighted by molar-refractivity contribution is -0.116. The molecule has 1 aliphatic carbocycles. The standard InChI is InChI=1S/C18H18N4O3S/c1-25-18(24)16-11-6-2-5-9-14(11)26-17(16)19-15(23)10-22-13-8-4-3-7-12(13)20-21-22/h3-4,7-8H,2,5-6,9-10H2,1H3,(H,19,23). The Bertz CT molecular complexity index is 992. The van der Waals surface area contributed by atoms with Gasteiger partial charge in [0.05, 0.1) is 18.2 Å². The van der Waals surface area contributed by atoms with E-state index in [0.717, 1.165) is 47.2 Å². The third kappa shape index (κ3) is 2.96. The topological polar surface area (TPSA) is 86.1 Å². The van der Waals surface area contributed by atoms with Gasteiger partial charge in [-0.25, -0.2) is 9.48 Å².